The molecule has 1 nitrogen and oxygen atoms in total. The van der Waals surface area contributed by atoms with Gasteiger partial charge in [-0.2, -0.15) is 0 Å². The lowest BCUT2D eigenvalue weighted by Gasteiger charge is -2.20. The molecule has 3 atom stereocenters. The number of hydrogen-bond donors (Lipinski definition) is 0. The van der Waals surface area contributed by atoms with Gasteiger partial charge in [-0.05, 0) is 43.9 Å². The number of rotatable bonds is 3. The van der Waals surface area contributed by atoms with Gasteiger partial charge < -0.3 is 4.74 Å². The first-order valence-electron chi connectivity index (χ1n) is 4.98. The maximum absolute atomic E-state index is 5.47. The van der Waals surface area contributed by atoms with Gasteiger partial charge in [0.2, 0.25) is 0 Å². The zero-order chi connectivity index (χ0) is 7.68. The molecule has 2 rings (SSSR count). The predicted molar refractivity (Wildman–Crippen MR) is 45.4 cm³/mol. The highest BCUT2D eigenvalue weighted by atomic mass is 16.5. The second-order valence-electron chi connectivity index (χ2n) is 4.09. The minimum absolute atomic E-state index is 0.897. The number of fused-ring (bicyclic) bond motifs is 2. The van der Waals surface area contributed by atoms with Crippen molar-refractivity contribution in [2.24, 2.45) is 17.8 Å². The smallest absolute Gasteiger partial charge is 0.0496 e. The Morgan fingerprint density at radius 1 is 1.27 bits per heavy atom. The van der Waals surface area contributed by atoms with E-state index in [1.54, 1.807) is 0 Å². The van der Waals surface area contributed by atoms with Crippen LogP contribution in [0.3, 0.4) is 0 Å². The van der Waals surface area contributed by atoms with Gasteiger partial charge >= 0.3 is 0 Å². The van der Waals surface area contributed by atoms with E-state index >= 15 is 0 Å². The molecular formula is C10H18O. The molecule has 2 unspecified atom stereocenters. The summed E-state index contributed by atoms with van der Waals surface area (Å²) in [5, 5.41) is 0. The Kier molecular flexibility index (Phi) is 2.17. The second kappa shape index (κ2) is 3.14. The second-order valence-corrected chi connectivity index (χ2v) is 4.09. The van der Waals surface area contributed by atoms with Gasteiger partial charge in [-0.25, -0.2) is 0 Å². The van der Waals surface area contributed by atoms with E-state index in [9.17, 15) is 0 Å². The van der Waals surface area contributed by atoms with Crippen molar-refractivity contribution in [1.82, 2.24) is 0 Å². The van der Waals surface area contributed by atoms with E-state index < -0.39 is 0 Å². The van der Waals surface area contributed by atoms with E-state index in [4.69, 9.17) is 4.74 Å². The summed E-state index contributed by atoms with van der Waals surface area (Å²) in [5.74, 6) is 3.03. The zero-order valence-electron chi connectivity index (χ0n) is 7.38. The monoisotopic (exact) mass is 154 g/mol. The fourth-order valence-electron chi connectivity index (χ4n) is 2.85. The first-order chi connectivity index (χ1) is 5.40. The zero-order valence-corrected chi connectivity index (χ0v) is 7.38. The van der Waals surface area contributed by atoms with Crippen LogP contribution in [0.25, 0.3) is 0 Å². The Balaban J connectivity index is 1.78. The van der Waals surface area contributed by atoms with Gasteiger partial charge in [0.15, 0.2) is 0 Å². The van der Waals surface area contributed by atoms with E-state index in [0.717, 1.165) is 31.0 Å². The minimum atomic E-state index is 0.897. The molecule has 2 saturated carbocycles. The van der Waals surface area contributed by atoms with Crippen LogP contribution in [0.5, 0.6) is 0 Å². The number of ether oxygens (including phenoxy) is 1. The van der Waals surface area contributed by atoms with Crippen LogP contribution in [-0.2, 0) is 4.74 Å². The van der Waals surface area contributed by atoms with Gasteiger partial charge in [-0.1, -0.05) is 6.42 Å². The molecule has 0 heterocycles. The summed E-state index contributed by atoms with van der Waals surface area (Å²) in [4.78, 5) is 0. The Labute approximate surface area is 69.1 Å². The van der Waals surface area contributed by atoms with Gasteiger partial charge in [-0.15, -0.1) is 0 Å². The van der Waals surface area contributed by atoms with Crippen LogP contribution in [-0.4, -0.2) is 13.2 Å². The molecular weight excluding hydrogens is 136 g/mol. The normalized spacial score (nSPS) is 41.7. The van der Waals surface area contributed by atoms with Gasteiger partial charge in [0.1, 0.15) is 0 Å². The average Bonchev–Trinajstić information content (AvgIpc) is 2.60. The standard InChI is InChI=1S/C10H18O/c1-2-11-7-10-6-8-3-4-9(10)5-8/h8-10H,2-7H2,1H3/t8?,9?,10-/m0/s1. The van der Waals surface area contributed by atoms with Crippen LogP contribution in [0, 0.1) is 17.8 Å². The molecule has 0 spiro atoms. The van der Waals surface area contributed by atoms with Crippen LogP contribution in [0.2, 0.25) is 0 Å². The van der Waals surface area contributed by atoms with Crippen molar-refractivity contribution in [3.05, 3.63) is 0 Å². The summed E-state index contributed by atoms with van der Waals surface area (Å²) < 4.78 is 5.47. The molecule has 0 radical (unpaired) electrons. The van der Waals surface area contributed by atoms with Crippen LogP contribution >= 0.6 is 0 Å². The topological polar surface area (TPSA) is 9.23 Å². The summed E-state index contributed by atoms with van der Waals surface area (Å²) in [6.45, 7) is 4.03. The molecule has 0 N–H and O–H groups in total. The largest absolute Gasteiger partial charge is 0.381 e. The highest BCUT2D eigenvalue weighted by Crippen LogP contribution is 2.48. The van der Waals surface area contributed by atoms with Crippen molar-refractivity contribution in [3.8, 4) is 0 Å². The first kappa shape index (κ1) is 7.60. The Morgan fingerprint density at radius 3 is 2.73 bits per heavy atom. The number of hydrogen-bond acceptors (Lipinski definition) is 1. The molecule has 0 amide bonds. The van der Waals surface area contributed by atoms with Crippen molar-refractivity contribution in [3.63, 3.8) is 0 Å². The molecule has 11 heavy (non-hydrogen) atoms. The van der Waals surface area contributed by atoms with Crippen LogP contribution in [0.4, 0.5) is 0 Å². The molecule has 64 valence electrons. The molecule has 0 aromatic rings. The third-order valence-electron chi connectivity index (χ3n) is 3.42. The van der Waals surface area contributed by atoms with Crippen molar-refractivity contribution in [2.75, 3.05) is 13.2 Å². The molecule has 1 heteroatoms. The SMILES string of the molecule is CCOC[C@@H]1CC2CCC1C2. The highest BCUT2D eigenvalue weighted by molar-refractivity contribution is 4.89. The molecule has 0 saturated heterocycles. The van der Waals surface area contributed by atoms with Crippen molar-refractivity contribution < 1.29 is 4.74 Å². The maximum atomic E-state index is 5.47. The van der Waals surface area contributed by atoms with Crippen LogP contribution in [0.1, 0.15) is 32.6 Å². The average molecular weight is 154 g/mol. The van der Waals surface area contributed by atoms with Gasteiger partial charge in [0.05, 0.1) is 0 Å². The molecule has 0 aromatic carbocycles. The fraction of sp³-hybridized carbons (Fsp3) is 1.00. The molecule has 2 aliphatic carbocycles. The Morgan fingerprint density at radius 2 is 2.18 bits per heavy atom. The maximum Gasteiger partial charge on any atom is 0.0496 e. The third-order valence-corrected chi connectivity index (χ3v) is 3.42. The minimum Gasteiger partial charge on any atom is -0.381 e. The molecule has 2 fully saturated rings. The summed E-state index contributed by atoms with van der Waals surface area (Å²) in [7, 11) is 0. The molecule has 0 aliphatic heterocycles. The van der Waals surface area contributed by atoms with Crippen molar-refractivity contribution in [1.29, 1.82) is 0 Å². The highest BCUT2D eigenvalue weighted by Gasteiger charge is 2.39. The Hall–Kier alpha value is -0.0400. The lowest BCUT2D eigenvalue weighted by molar-refractivity contribution is 0.0877. The van der Waals surface area contributed by atoms with E-state index in [1.165, 1.54) is 25.7 Å². The summed E-state index contributed by atoms with van der Waals surface area (Å²) >= 11 is 0. The fourth-order valence-corrected chi connectivity index (χ4v) is 2.85. The molecule has 0 aromatic heterocycles. The quantitative estimate of drug-likeness (QED) is 0.606. The lowest BCUT2D eigenvalue weighted by Crippen LogP contribution is -2.16. The lowest BCUT2D eigenvalue weighted by atomic mass is 9.90. The summed E-state index contributed by atoms with van der Waals surface area (Å²) in [6, 6.07) is 0. The summed E-state index contributed by atoms with van der Waals surface area (Å²) in [5.41, 5.74) is 0. The van der Waals surface area contributed by atoms with Crippen molar-refractivity contribution in [2.45, 2.75) is 32.6 Å². The van der Waals surface area contributed by atoms with Gasteiger partial charge in [0, 0.05) is 13.2 Å². The van der Waals surface area contributed by atoms with Crippen molar-refractivity contribution >= 4 is 0 Å². The van der Waals surface area contributed by atoms with E-state index in [0.29, 0.717) is 0 Å². The molecule has 2 bridgehead atoms. The van der Waals surface area contributed by atoms with E-state index in [1.807, 2.05) is 0 Å². The van der Waals surface area contributed by atoms with E-state index in [2.05, 4.69) is 6.92 Å². The predicted octanol–water partition coefficient (Wildman–Crippen LogP) is 2.46. The van der Waals surface area contributed by atoms with Crippen LogP contribution in [0.15, 0.2) is 0 Å². The first-order valence-corrected chi connectivity index (χ1v) is 4.98. The van der Waals surface area contributed by atoms with E-state index in [-0.39, 0.29) is 0 Å². The molecule has 2 aliphatic rings. The van der Waals surface area contributed by atoms with Gasteiger partial charge in [0.25, 0.3) is 0 Å². The Bertz CT molecular complexity index is 133. The third kappa shape index (κ3) is 1.44. The van der Waals surface area contributed by atoms with Gasteiger partial charge in [-0.3, -0.25) is 0 Å². The van der Waals surface area contributed by atoms with Crippen LogP contribution < -0.4 is 0 Å². The summed E-state index contributed by atoms with van der Waals surface area (Å²) in [6.07, 6.45) is 5.97.